The van der Waals surface area contributed by atoms with E-state index >= 15 is 0 Å². The quantitative estimate of drug-likeness (QED) is 0.811. The van der Waals surface area contributed by atoms with Gasteiger partial charge in [-0.15, -0.1) is 0 Å². The fourth-order valence-corrected chi connectivity index (χ4v) is 3.31. The third kappa shape index (κ3) is 2.01. The topological polar surface area (TPSA) is 18.5 Å². The summed E-state index contributed by atoms with van der Waals surface area (Å²) in [6.45, 7) is 0. The van der Waals surface area contributed by atoms with Gasteiger partial charge in [0.2, 0.25) is 0 Å². The molecule has 2 aromatic carbocycles. The van der Waals surface area contributed by atoms with Gasteiger partial charge in [0.15, 0.2) is 0 Å². The van der Waals surface area contributed by atoms with Crippen LogP contribution < -0.4 is 4.74 Å². The maximum atomic E-state index is 5.87. The first-order chi connectivity index (χ1) is 9.81. The normalized spacial score (nSPS) is 24.8. The molecule has 0 amide bonds. The minimum atomic E-state index is 0.343. The predicted octanol–water partition coefficient (Wildman–Crippen LogP) is 4.18. The van der Waals surface area contributed by atoms with Crippen LogP contribution in [0.15, 0.2) is 42.5 Å². The molecule has 102 valence electrons. The van der Waals surface area contributed by atoms with Gasteiger partial charge in [0.05, 0.1) is 19.3 Å². The number of rotatable bonds is 2. The zero-order valence-electron chi connectivity index (χ0n) is 11.6. The van der Waals surface area contributed by atoms with Gasteiger partial charge in [0.1, 0.15) is 5.75 Å². The second-order valence-corrected chi connectivity index (χ2v) is 5.70. The van der Waals surface area contributed by atoms with Gasteiger partial charge in [0, 0.05) is 0 Å². The standard InChI is InChI=1S/C18H18O2/c1-19-16-5-4-12-8-13(2-3-14(12)9-16)15-10-17-6-7-18(11-15)20-17/h2-5,8-10,17-18H,6-7,11H2,1H3. The fraction of sp³-hybridized carbons (Fsp3) is 0.333. The van der Waals surface area contributed by atoms with E-state index in [4.69, 9.17) is 9.47 Å². The van der Waals surface area contributed by atoms with Crippen LogP contribution in [0.3, 0.4) is 0 Å². The Morgan fingerprint density at radius 2 is 1.90 bits per heavy atom. The van der Waals surface area contributed by atoms with E-state index in [9.17, 15) is 0 Å². The molecule has 4 rings (SSSR count). The molecule has 2 aromatic rings. The highest BCUT2D eigenvalue weighted by Gasteiger charge is 2.29. The minimum Gasteiger partial charge on any atom is -0.497 e. The lowest BCUT2D eigenvalue weighted by molar-refractivity contribution is 0.0671. The summed E-state index contributed by atoms with van der Waals surface area (Å²) in [5, 5.41) is 2.49. The first-order valence-corrected chi connectivity index (χ1v) is 7.26. The number of hydrogen-bond donors (Lipinski definition) is 0. The molecule has 2 nitrogen and oxygen atoms in total. The maximum absolute atomic E-state index is 5.87. The summed E-state index contributed by atoms with van der Waals surface area (Å²) in [6, 6.07) is 12.9. The highest BCUT2D eigenvalue weighted by Crippen LogP contribution is 2.36. The minimum absolute atomic E-state index is 0.343. The van der Waals surface area contributed by atoms with Crippen molar-refractivity contribution in [2.75, 3.05) is 7.11 Å². The van der Waals surface area contributed by atoms with Gasteiger partial charge in [-0.05, 0) is 59.4 Å². The van der Waals surface area contributed by atoms with Crippen molar-refractivity contribution in [2.45, 2.75) is 31.5 Å². The molecule has 2 heterocycles. The summed E-state index contributed by atoms with van der Waals surface area (Å²) in [6.07, 6.45) is 6.53. The Morgan fingerprint density at radius 1 is 1.05 bits per heavy atom. The molecule has 1 fully saturated rings. The Kier molecular flexibility index (Phi) is 2.78. The van der Waals surface area contributed by atoms with Crippen molar-refractivity contribution in [1.82, 2.24) is 0 Å². The molecule has 1 saturated heterocycles. The van der Waals surface area contributed by atoms with E-state index in [-0.39, 0.29) is 0 Å². The van der Waals surface area contributed by atoms with Crippen LogP contribution in [0.4, 0.5) is 0 Å². The molecule has 0 radical (unpaired) electrons. The molecular weight excluding hydrogens is 248 g/mol. The molecular formula is C18H18O2. The van der Waals surface area contributed by atoms with Crippen LogP contribution in [-0.4, -0.2) is 19.3 Å². The molecule has 0 aromatic heterocycles. The van der Waals surface area contributed by atoms with Crippen LogP contribution in [0.5, 0.6) is 5.75 Å². The lowest BCUT2D eigenvalue weighted by Crippen LogP contribution is -2.15. The molecule has 0 saturated carbocycles. The summed E-state index contributed by atoms with van der Waals surface area (Å²) < 4.78 is 11.2. The van der Waals surface area contributed by atoms with Crippen LogP contribution in [-0.2, 0) is 4.74 Å². The van der Waals surface area contributed by atoms with Crippen LogP contribution >= 0.6 is 0 Å². The Labute approximate surface area is 119 Å². The van der Waals surface area contributed by atoms with Crippen LogP contribution in [0, 0.1) is 0 Å². The van der Waals surface area contributed by atoms with Crippen molar-refractivity contribution >= 4 is 16.3 Å². The Morgan fingerprint density at radius 3 is 2.75 bits per heavy atom. The number of ether oxygens (including phenoxy) is 2. The second kappa shape index (κ2) is 4.64. The van der Waals surface area contributed by atoms with Crippen molar-refractivity contribution in [1.29, 1.82) is 0 Å². The van der Waals surface area contributed by atoms with Gasteiger partial charge in [-0.3, -0.25) is 0 Å². The zero-order valence-corrected chi connectivity index (χ0v) is 11.6. The van der Waals surface area contributed by atoms with Crippen LogP contribution in [0.2, 0.25) is 0 Å². The van der Waals surface area contributed by atoms with Crippen molar-refractivity contribution in [3.05, 3.63) is 48.0 Å². The van der Waals surface area contributed by atoms with Crippen molar-refractivity contribution < 1.29 is 9.47 Å². The van der Waals surface area contributed by atoms with Gasteiger partial charge in [0.25, 0.3) is 0 Å². The summed E-state index contributed by atoms with van der Waals surface area (Å²) in [5.74, 6) is 0.911. The monoisotopic (exact) mass is 266 g/mol. The van der Waals surface area contributed by atoms with E-state index in [1.807, 2.05) is 6.07 Å². The van der Waals surface area contributed by atoms with E-state index in [0.29, 0.717) is 12.2 Å². The highest BCUT2D eigenvalue weighted by atomic mass is 16.5. The van der Waals surface area contributed by atoms with Crippen molar-refractivity contribution in [3.63, 3.8) is 0 Å². The Bertz CT molecular complexity index is 687. The molecule has 2 atom stereocenters. The molecule has 2 aliphatic heterocycles. The number of hydrogen-bond acceptors (Lipinski definition) is 2. The third-order valence-electron chi connectivity index (χ3n) is 4.39. The maximum Gasteiger partial charge on any atom is 0.119 e. The molecule has 0 spiro atoms. The van der Waals surface area contributed by atoms with Crippen molar-refractivity contribution in [2.24, 2.45) is 0 Å². The van der Waals surface area contributed by atoms with Gasteiger partial charge in [-0.2, -0.15) is 0 Å². The molecule has 2 aliphatic rings. The van der Waals surface area contributed by atoms with E-state index in [0.717, 1.165) is 12.2 Å². The summed E-state index contributed by atoms with van der Waals surface area (Å²) in [7, 11) is 1.71. The van der Waals surface area contributed by atoms with Crippen molar-refractivity contribution in [3.8, 4) is 5.75 Å². The molecule has 20 heavy (non-hydrogen) atoms. The average molecular weight is 266 g/mol. The fourth-order valence-electron chi connectivity index (χ4n) is 3.31. The van der Waals surface area contributed by atoms with Gasteiger partial charge in [-0.25, -0.2) is 0 Å². The third-order valence-corrected chi connectivity index (χ3v) is 4.39. The molecule has 2 bridgehead atoms. The van der Waals surface area contributed by atoms with E-state index in [1.54, 1.807) is 7.11 Å². The van der Waals surface area contributed by atoms with Crippen LogP contribution in [0.1, 0.15) is 24.8 Å². The predicted molar refractivity (Wildman–Crippen MR) is 81.0 cm³/mol. The molecule has 0 N–H and O–H groups in total. The smallest absolute Gasteiger partial charge is 0.119 e. The van der Waals surface area contributed by atoms with Gasteiger partial charge < -0.3 is 9.47 Å². The zero-order chi connectivity index (χ0) is 13.5. The Balaban J connectivity index is 1.74. The lowest BCUT2D eigenvalue weighted by atomic mass is 9.96. The first-order valence-electron chi connectivity index (χ1n) is 7.26. The molecule has 0 aliphatic carbocycles. The SMILES string of the molecule is COc1ccc2cc(C3=CC4CCC(C3)O4)ccc2c1. The molecule has 2 unspecified atom stereocenters. The highest BCUT2D eigenvalue weighted by molar-refractivity contribution is 5.87. The molecule has 2 heteroatoms. The van der Waals surface area contributed by atoms with E-state index < -0.39 is 0 Å². The average Bonchev–Trinajstić information content (AvgIpc) is 2.84. The van der Waals surface area contributed by atoms with E-state index in [1.165, 1.54) is 34.8 Å². The van der Waals surface area contributed by atoms with Gasteiger partial charge >= 0.3 is 0 Å². The second-order valence-electron chi connectivity index (χ2n) is 5.70. The lowest BCUT2D eigenvalue weighted by Gasteiger charge is -2.21. The summed E-state index contributed by atoms with van der Waals surface area (Å²) >= 11 is 0. The van der Waals surface area contributed by atoms with Gasteiger partial charge in [-0.1, -0.05) is 24.3 Å². The number of fused-ring (bicyclic) bond motifs is 3. The largest absolute Gasteiger partial charge is 0.497 e. The first kappa shape index (κ1) is 12.0. The Hall–Kier alpha value is -1.80. The van der Waals surface area contributed by atoms with E-state index in [2.05, 4.69) is 36.4 Å². The number of methoxy groups -OCH3 is 1. The van der Waals surface area contributed by atoms with Crippen LogP contribution in [0.25, 0.3) is 16.3 Å². The summed E-state index contributed by atoms with van der Waals surface area (Å²) in [4.78, 5) is 0. The summed E-state index contributed by atoms with van der Waals surface area (Å²) in [5.41, 5.74) is 2.78. The number of benzene rings is 2.